The number of likely N-dealkylation sites (N-methyl/N-ethyl adjacent to an activating group) is 1. The quantitative estimate of drug-likeness (QED) is 0.929. The van der Waals surface area contributed by atoms with E-state index in [0.717, 1.165) is 0 Å². The first kappa shape index (κ1) is 15.4. The third-order valence-corrected chi connectivity index (χ3v) is 4.77. The van der Waals surface area contributed by atoms with Crippen molar-refractivity contribution in [2.75, 3.05) is 23.3 Å². The van der Waals surface area contributed by atoms with Gasteiger partial charge in [0.1, 0.15) is 11.4 Å². The first-order chi connectivity index (χ1) is 11.0. The summed E-state index contributed by atoms with van der Waals surface area (Å²) in [6, 6.07) is 13.9. The number of fused-ring (bicyclic) bond motifs is 1. The van der Waals surface area contributed by atoms with Crippen LogP contribution in [0.3, 0.4) is 0 Å². The predicted octanol–water partition coefficient (Wildman–Crippen LogP) is 1.98. The molecule has 7 heteroatoms. The molecule has 0 aliphatic carbocycles. The molecule has 6 nitrogen and oxygen atoms in total. The van der Waals surface area contributed by atoms with Gasteiger partial charge in [-0.05, 0) is 17.7 Å². The van der Waals surface area contributed by atoms with E-state index in [4.69, 9.17) is 4.74 Å². The molecule has 0 fully saturated rings. The number of ether oxygens (including phenoxy) is 1. The maximum absolute atomic E-state index is 12.4. The van der Waals surface area contributed by atoms with E-state index < -0.39 is 10.0 Å². The fourth-order valence-electron chi connectivity index (χ4n) is 2.43. The molecule has 0 atom stereocenters. The molecule has 2 aromatic carbocycles. The number of anilines is 2. The summed E-state index contributed by atoms with van der Waals surface area (Å²) in [6.07, 6.45) is 0. The number of benzene rings is 2. The van der Waals surface area contributed by atoms with Crippen LogP contribution in [0.1, 0.15) is 5.56 Å². The first-order valence-electron chi connectivity index (χ1n) is 7.03. The lowest BCUT2D eigenvalue weighted by Crippen LogP contribution is -2.36. The molecule has 1 aliphatic rings. The Hall–Kier alpha value is -2.54. The Morgan fingerprint density at radius 3 is 2.61 bits per heavy atom. The van der Waals surface area contributed by atoms with Crippen LogP contribution < -0.4 is 14.4 Å². The van der Waals surface area contributed by atoms with E-state index in [9.17, 15) is 13.2 Å². The lowest BCUT2D eigenvalue weighted by molar-refractivity contribution is -0.120. The second-order valence-electron chi connectivity index (χ2n) is 5.24. The number of carbonyl (C=O) groups is 1. The standard InChI is InChI=1S/C16H16N2O4S/c1-18-15(19)10-22-14-9-5-8-13(16(14)18)17-23(20,21)11-12-6-3-2-4-7-12/h2-9,17H,10-11H2,1H3. The van der Waals surface area contributed by atoms with Gasteiger partial charge in [-0.15, -0.1) is 0 Å². The molecule has 3 rings (SSSR count). The summed E-state index contributed by atoms with van der Waals surface area (Å²) in [6.45, 7) is -0.0519. The number of para-hydroxylation sites is 1. The lowest BCUT2D eigenvalue weighted by Gasteiger charge is -2.28. The van der Waals surface area contributed by atoms with Gasteiger partial charge < -0.3 is 9.64 Å². The van der Waals surface area contributed by atoms with Gasteiger partial charge in [0.25, 0.3) is 5.91 Å². The highest BCUT2D eigenvalue weighted by molar-refractivity contribution is 7.91. The lowest BCUT2D eigenvalue weighted by atomic mass is 10.2. The van der Waals surface area contributed by atoms with Crippen LogP contribution in [0.25, 0.3) is 0 Å². The summed E-state index contributed by atoms with van der Waals surface area (Å²) in [5, 5.41) is 0. The van der Waals surface area contributed by atoms with E-state index >= 15 is 0 Å². The van der Waals surface area contributed by atoms with Crippen molar-refractivity contribution in [2.45, 2.75) is 5.75 Å². The SMILES string of the molecule is CN1C(=O)COc2cccc(NS(=O)(=O)Cc3ccccc3)c21. The van der Waals surface area contributed by atoms with E-state index in [2.05, 4.69) is 4.72 Å². The average Bonchev–Trinajstić information content (AvgIpc) is 2.51. The first-order valence-corrected chi connectivity index (χ1v) is 8.68. The minimum Gasteiger partial charge on any atom is -0.481 e. The number of hydrogen-bond acceptors (Lipinski definition) is 4. The molecule has 120 valence electrons. The predicted molar refractivity (Wildman–Crippen MR) is 88.0 cm³/mol. The number of amides is 1. The minimum absolute atomic E-state index is 0.0519. The second-order valence-corrected chi connectivity index (χ2v) is 6.96. The number of nitrogens with zero attached hydrogens (tertiary/aromatic N) is 1. The number of rotatable bonds is 4. The fraction of sp³-hybridized carbons (Fsp3) is 0.188. The van der Waals surface area contributed by atoms with Gasteiger partial charge in [-0.3, -0.25) is 9.52 Å². The third kappa shape index (κ3) is 3.29. The van der Waals surface area contributed by atoms with Gasteiger partial charge in [0, 0.05) is 7.05 Å². The summed E-state index contributed by atoms with van der Waals surface area (Å²) in [5.41, 5.74) is 1.44. The molecule has 2 aromatic rings. The second kappa shape index (κ2) is 5.92. The van der Waals surface area contributed by atoms with Crippen LogP contribution in [0.2, 0.25) is 0 Å². The monoisotopic (exact) mass is 332 g/mol. The van der Waals surface area contributed by atoms with E-state index in [0.29, 0.717) is 22.7 Å². The van der Waals surface area contributed by atoms with Crippen LogP contribution in [-0.4, -0.2) is 28.0 Å². The summed E-state index contributed by atoms with van der Waals surface area (Å²) < 4.78 is 32.7. The van der Waals surface area contributed by atoms with Crippen LogP contribution >= 0.6 is 0 Å². The fourth-order valence-corrected chi connectivity index (χ4v) is 3.63. The highest BCUT2D eigenvalue weighted by Crippen LogP contribution is 2.38. The molecule has 1 amide bonds. The van der Waals surface area contributed by atoms with Gasteiger partial charge in [-0.25, -0.2) is 8.42 Å². The molecule has 0 radical (unpaired) electrons. The Morgan fingerprint density at radius 1 is 1.13 bits per heavy atom. The molecule has 0 unspecified atom stereocenters. The van der Waals surface area contributed by atoms with Gasteiger partial charge in [0.05, 0.1) is 11.4 Å². The summed E-state index contributed by atoms with van der Waals surface area (Å²) in [4.78, 5) is 13.2. The van der Waals surface area contributed by atoms with Gasteiger partial charge in [-0.1, -0.05) is 36.4 Å². The molecule has 0 saturated carbocycles. The van der Waals surface area contributed by atoms with E-state index in [1.807, 2.05) is 6.07 Å². The van der Waals surface area contributed by atoms with Gasteiger partial charge in [0.2, 0.25) is 10.0 Å². The summed E-state index contributed by atoms with van der Waals surface area (Å²) in [7, 11) is -2.01. The maximum atomic E-state index is 12.4. The molecule has 0 saturated heterocycles. The van der Waals surface area contributed by atoms with Crippen molar-refractivity contribution in [2.24, 2.45) is 0 Å². The van der Waals surface area contributed by atoms with Crippen molar-refractivity contribution in [1.29, 1.82) is 0 Å². The van der Waals surface area contributed by atoms with E-state index in [1.165, 1.54) is 4.90 Å². The minimum atomic E-state index is -3.61. The smallest absolute Gasteiger partial charge is 0.264 e. The highest BCUT2D eigenvalue weighted by atomic mass is 32.2. The molecule has 23 heavy (non-hydrogen) atoms. The van der Waals surface area contributed by atoms with E-state index in [1.54, 1.807) is 49.5 Å². The highest BCUT2D eigenvalue weighted by Gasteiger charge is 2.26. The van der Waals surface area contributed by atoms with Crippen LogP contribution in [0.4, 0.5) is 11.4 Å². The summed E-state index contributed by atoms with van der Waals surface area (Å²) in [5.74, 6) is 0.106. The van der Waals surface area contributed by atoms with Gasteiger partial charge in [0.15, 0.2) is 6.61 Å². The number of nitrogens with one attached hydrogen (secondary N) is 1. The van der Waals surface area contributed by atoms with Crippen molar-refractivity contribution < 1.29 is 17.9 Å². The zero-order valence-corrected chi connectivity index (χ0v) is 13.3. The Morgan fingerprint density at radius 2 is 1.87 bits per heavy atom. The third-order valence-electron chi connectivity index (χ3n) is 3.52. The molecule has 0 aromatic heterocycles. The number of hydrogen-bond donors (Lipinski definition) is 1. The van der Waals surface area contributed by atoms with Crippen molar-refractivity contribution in [3.63, 3.8) is 0 Å². The average molecular weight is 332 g/mol. The normalized spacial score (nSPS) is 14.1. The molecular weight excluding hydrogens is 316 g/mol. The number of carbonyl (C=O) groups excluding carboxylic acids is 1. The molecule has 0 bridgehead atoms. The van der Waals surface area contributed by atoms with Gasteiger partial charge in [-0.2, -0.15) is 0 Å². The molecule has 1 N–H and O–H groups in total. The van der Waals surface area contributed by atoms with E-state index in [-0.39, 0.29) is 18.3 Å². The Labute approximate surface area is 134 Å². The van der Waals surface area contributed by atoms with Gasteiger partial charge >= 0.3 is 0 Å². The molecule has 1 heterocycles. The number of sulfonamides is 1. The van der Waals surface area contributed by atoms with Crippen LogP contribution in [0.5, 0.6) is 5.75 Å². The Kier molecular flexibility index (Phi) is 3.96. The van der Waals surface area contributed by atoms with Crippen LogP contribution in [0.15, 0.2) is 48.5 Å². The molecule has 1 aliphatic heterocycles. The van der Waals surface area contributed by atoms with Crippen LogP contribution in [0, 0.1) is 0 Å². The van der Waals surface area contributed by atoms with Crippen molar-refractivity contribution in [3.05, 3.63) is 54.1 Å². The Balaban J connectivity index is 1.90. The Bertz CT molecular complexity index is 834. The molecule has 0 spiro atoms. The largest absolute Gasteiger partial charge is 0.481 e. The molecular formula is C16H16N2O4S. The van der Waals surface area contributed by atoms with Crippen molar-refractivity contribution in [3.8, 4) is 5.75 Å². The summed E-state index contributed by atoms with van der Waals surface area (Å²) >= 11 is 0. The van der Waals surface area contributed by atoms with Crippen molar-refractivity contribution >= 4 is 27.3 Å². The van der Waals surface area contributed by atoms with Crippen LogP contribution in [-0.2, 0) is 20.6 Å². The zero-order chi connectivity index (χ0) is 16.4. The zero-order valence-electron chi connectivity index (χ0n) is 12.5. The topological polar surface area (TPSA) is 75.7 Å². The van der Waals surface area contributed by atoms with Crippen molar-refractivity contribution in [1.82, 2.24) is 0 Å². The maximum Gasteiger partial charge on any atom is 0.264 e.